The van der Waals surface area contributed by atoms with Gasteiger partial charge in [0.1, 0.15) is 11.6 Å². The SMILES string of the molecule is Cc1cc(C(=O)NCC2CCC(c3ccnc4ccc(F)cc34)CC2)c(-c2cccc(OC(F)(F)F)c2)[nH]1. The minimum atomic E-state index is -4.80. The number of ether oxygens (including phenoxy) is 1. The van der Waals surface area contributed by atoms with Crippen LogP contribution in [0, 0.1) is 18.7 Å². The molecular formula is C29H27F4N3O2. The van der Waals surface area contributed by atoms with Gasteiger partial charge in [-0.25, -0.2) is 4.39 Å². The average Bonchev–Trinajstić information content (AvgIpc) is 3.28. The lowest BCUT2D eigenvalue weighted by Gasteiger charge is -2.29. The number of hydrogen-bond donors (Lipinski definition) is 2. The van der Waals surface area contributed by atoms with Crippen LogP contribution in [0.1, 0.15) is 53.2 Å². The molecule has 1 saturated carbocycles. The Kier molecular flexibility index (Phi) is 7.10. The van der Waals surface area contributed by atoms with Crippen LogP contribution in [0.3, 0.4) is 0 Å². The molecule has 1 amide bonds. The van der Waals surface area contributed by atoms with Crippen LogP contribution in [-0.4, -0.2) is 28.8 Å². The van der Waals surface area contributed by atoms with Gasteiger partial charge >= 0.3 is 6.36 Å². The number of nitrogens with one attached hydrogen (secondary N) is 2. The number of alkyl halides is 3. The van der Waals surface area contributed by atoms with Gasteiger partial charge in [-0.1, -0.05) is 12.1 Å². The molecule has 2 aromatic carbocycles. The van der Waals surface area contributed by atoms with E-state index in [1.807, 2.05) is 6.07 Å². The van der Waals surface area contributed by atoms with Gasteiger partial charge in [0, 0.05) is 29.4 Å². The maximum atomic E-state index is 13.9. The van der Waals surface area contributed by atoms with Crippen molar-refractivity contribution in [3.63, 3.8) is 0 Å². The van der Waals surface area contributed by atoms with Gasteiger partial charge in [-0.15, -0.1) is 13.2 Å². The van der Waals surface area contributed by atoms with E-state index in [0.29, 0.717) is 40.9 Å². The minimum absolute atomic E-state index is 0.276. The smallest absolute Gasteiger partial charge is 0.406 e. The standard InChI is InChI=1S/C29H27F4N3O2/c1-17-13-25(27(36-17)20-3-2-4-22(14-20)38-29(31,32)33)28(37)35-16-18-5-7-19(8-6-18)23-11-12-34-26-10-9-21(30)15-24(23)26/h2-4,9-15,18-19,36H,5-8,16H2,1H3,(H,35,37). The third-order valence-electron chi connectivity index (χ3n) is 7.13. The Morgan fingerprint density at radius 2 is 1.87 bits per heavy atom. The van der Waals surface area contributed by atoms with Crippen molar-refractivity contribution in [3.8, 4) is 17.0 Å². The minimum Gasteiger partial charge on any atom is -0.406 e. The molecule has 2 heterocycles. The highest BCUT2D eigenvalue weighted by Gasteiger charge is 2.31. The van der Waals surface area contributed by atoms with Gasteiger partial charge < -0.3 is 15.0 Å². The predicted octanol–water partition coefficient (Wildman–Crippen LogP) is 7.28. The lowest BCUT2D eigenvalue weighted by Crippen LogP contribution is -2.31. The zero-order chi connectivity index (χ0) is 26.9. The van der Waals surface area contributed by atoms with Crippen LogP contribution in [0.5, 0.6) is 5.75 Å². The second-order valence-electron chi connectivity index (χ2n) is 9.81. The van der Waals surface area contributed by atoms with Crippen molar-refractivity contribution in [1.29, 1.82) is 0 Å². The van der Waals surface area contributed by atoms with Gasteiger partial charge in [-0.3, -0.25) is 9.78 Å². The highest BCUT2D eigenvalue weighted by atomic mass is 19.4. The van der Waals surface area contributed by atoms with Gasteiger partial charge in [0.2, 0.25) is 0 Å². The number of nitrogens with zero attached hydrogens (tertiary/aromatic N) is 1. The summed E-state index contributed by atoms with van der Waals surface area (Å²) in [6.45, 7) is 2.28. The Morgan fingerprint density at radius 3 is 2.63 bits per heavy atom. The number of halogens is 4. The summed E-state index contributed by atoms with van der Waals surface area (Å²) in [5.74, 6) is -0.312. The first-order valence-corrected chi connectivity index (χ1v) is 12.5. The molecule has 2 aromatic heterocycles. The number of carbonyl (C=O) groups excluding carboxylic acids is 1. The molecule has 38 heavy (non-hydrogen) atoms. The molecule has 0 saturated heterocycles. The van der Waals surface area contributed by atoms with E-state index in [-0.39, 0.29) is 17.5 Å². The number of aromatic amines is 1. The van der Waals surface area contributed by atoms with Crippen LogP contribution in [0.2, 0.25) is 0 Å². The van der Waals surface area contributed by atoms with E-state index in [4.69, 9.17) is 0 Å². The van der Waals surface area contributed by atoms with Crippen LogP contribution >= 0.6 is 0 Å². The number of fused-ring (bicyclic) bond motifs is 1. The summed E-state index contributed by atoms with van der Waals surface area (Å²) in [6, 6.07) is 13.9. The Bertz CT molecular complexity index is 1460. The number of aryl methyl sites for hydroxylation is 1. The molecule has 5 rings (SSSR count). The molecular weight excluding hydrogens is 498 g/mol. The van der Waals surface area contributed by atoms with Crippen LogP contribution < -0.4 is 10.1 Å². The number of hydrogen-bond acceptors (Lipinski definition) is 3. The number of carbonyl (C=O) groups is 1. The normalized spacial score (nSPS) is 17.9. The van der Waals surface area contributed by atoms with Crippen molar-refractivity contribution in [2.75, 3.05) is 6.54 Å². The first-order valence-electron chi connectivity index (χ1n) is 12.5. The average molecular weight is 526 g/mol. The fourth-order valence-corrected chi connectivity index (χ4v) is 5.35. The Balaban J connectivity index is 1.22. The zero-order valence-corrected chi connectivity index (χ0v) is 20.7. The van der Waals surface area contributed by atoms with Gasteiger partial charge in [-0.05, 0) is 92.5 Å². The summed E-state index contributed by atoms with van der Waals surface area (Å²) < 4.78 is 55.9. The van der Waals surface area contributed by atoms with E-state index in [0.717, 1.165) is 42.1 Å². The molecule has 0 bridgehead atoms. The lowest BCUT2D eigenvalue weighted by molar-refractivity contribution is -0.274. The molecule has 2 N–H and O–H groups in total. The molecule has 1 aliphatic carbocycles. The molecule has 1 aliphatic rings. The fraction of sp³-hybridized carbons (Fsp3) is 0.310. The maximum Gasteiger partial charge on any atom is 0.573 e. The molecule has 1 fully saturated rings. The monoisotopic (exact) mass is 525 g/mol. The molecule has 5 nitrogen and oxygen atoms in total. The Hall–Kier alpha value is -3.88. The molecule has 0 aliphatic heterocycles. The van der Waals surface area contributed by atoms with Gasteiger partial charge in [0.15, 0.2) is 0 Å². The number of amides is 1. The van der Waals surface area contributed by atoms with E-state index in [1.165, 1.54) is 24.3 Å². The van der Waals surface area contributed by atoms with Crippen molar-refractivity contribution in [1.82, 2.24) is 15.3 Å². The number of rotatable bonds is 6. The molecule has 0 radical (unpaired) electrons. The van der Waals surface area contributed by atoms with E-state index in [9.17, 15) is 22.4 Å². The summed E-state index contributed by atoms with van der Waals surface area (Å²) in [5.41, 5.74) is 3.84. The highest BCUT2D eigenvalue weighted by molar-refractivity contribution is 6.00. The molecule has 198 valence electrons. The summed E-state index contributed by atoms with van der Waals surface area (Å²) in [6.07, 6.45) is 0.653. The number of aromatic nitrogens is 2. The third-order valence-corrected chi connectivity index (χ3v) is 7.13. The molecule has 0 spiro atoms. The van der Waals surface area contributed by atoms with E-state index in [2.05, 4.69) is 20.0 Å². The highest BCUT2D eigenvalue weighted by Crippen LogP contribution is 2.38. The topological polar surface area (TPSA) is 67.0 Å². The third kappa shape index (κ3) is 5.82. The van der Waals surface area contributed by atoms with Crippen LogP contribution in [0.25, 0.3) is 22.2 Å². The van der Waals surface area contributed by atoms with Gasteiger partial charge in [0.05, 0.1) is 16.8 Å². The van der Waals surface area contributed by atoms with E-state index in [1.54, 1.807) is 37.4 Å². The van der Waals surface area contributed by atoms with E-state index < -0.39 is 6.36 Å². The second-order valence-corrected chi connectivity index (χ2v) is 9.81. The van der Waals surface area contributed by atoms with Crippen molar-refractivity contribution in [3.05, 3.63) is 83.4 Å². The first kappa shape index (κ1) is 25.8. The summed E-state index contributed by atoms with van der Waals surface area (Å²) >= 11 is 0. The number of pyridine rings is 1. The summed E-state index contributed by atoms with van der Waals surface area (Å²) in [4.78, 5) is 20.5. The van der Waals surface area contributed by atoms with Crippen molar-refractivity contribution >= 4 is 16.8 Å². The number of H-pyrrole nitrogens is 1. The van der Waals surface area contributed by atoms with Crippen LogP contribution in [0.4, 0.5) is 17.6 Å². The predicted molar refractivity (Wildman–Crippen MR) is 136 cm³/mol. The zero-order valence-electron chi connectivity index (χ0n) is 20.7. The Labute approximate surface area is 217 Å². The van der Waals surface area contributed by atoms with Crippen molar-refractivity contribution in [2.24, 2.45) is 5.92 Å². The van der Waals surface area contributed by atoms with E-state index >= 15 is 0 Å². The second kappa shape index (κ2) is 10.5. The largest absolute Gasteiger partial charge is 0.573 e. The lowest BCUT2D eigenvalue weighted by atomic mass is 9.78. The summed E-state index contributed by atoms with van der Waals surface area (Å²) in [7, 11) is 0. The van der Waals surface area contributed by atoms with Crippen LogP contribution in [-0.2, 0) is 0 Å². The van der Waals surface area contributed by atoms with Crippen molar-refractivity contribution in [2.45, 2.75) is 44.9 Å². The molecule has 0 atom stereocenters. The quantitative estimate of drug-likeness (QED) is 0.260. The number of benzene rings is 2. The van der Waals surface area contributed by atoms with Gasteiger partial charge in [0.25, 0.3) is 5.91 Å². The fourth-order valence-electron chi connectivity index (χ4n) is 5.35. The van der Waals surface area contributed by atoms with Crippen LogP contribution in [0.15, 0.2) is 60.8 Å². The summed E-state index contributed by atoms with van der Waals surface area (Å²) in [5, 5.41) is 3.86. The molecule has 0 unspecified atom stereocenters. The molecule has 4 aromatic rings. The molecule has 9 heteroatoms. The maximum absolute atomic E-state index is 13.9. The Morgan fingerprint density at radius 1 is 1.08 bits per heavy atom. The van der Waals surface area contributed by atoms with Gasteiger partial charge in [-0.2, -0.15) is 0 Å². The first-order chi connectivity index (χ1) is 18.2. The van der Waals surface area contributed by atoms with Crippen molar-refractivity contribution < 1.29 is 27.1 Å².